The van der Waals surface area contributed by atoms with Gasteiger partial charge in [0, 0.05) is 16.3 Å². The number of halogens is 4. The molecule has 1 N–H and O–H groups in total. The molecule has 0 spiro atoms. The zero-order valence-electron chi connectivity index (χ0n) is 17.2. The van der Waals surface area contributed by atoms with Crippen LogP contribution in [0, 0.1) is 6.92 Å². The molecular weight excluding hydrogens is 522 g/mol. The molecule has 0 aliphatic carbocycles. The van der Waals surface area contributed by atoms with Crippen LogP contribution in [0.3, 0.4) is 0 Å². The Hall–Kier alpha value is -2.22. The van der Waals surface area contributed by atoms with Gasteiger partial charge in [-0.3, -0.25) is 9.36 Å². The molecule has 168 valence electrons. The Bertz CT molecular complexity index is 1340. The van der Waals surface area contributed by atoms with Gasteiger partial charge in [0.1, 0.15) is 0 Å². The summed E-state index contributed by atoms with van der Waals surface area (Å²) in [5.41, 5.74) is 3.15. The van der Waals surface area contributed by atoms with Gasteiger partial charge in [-0.25, -0.2) is 0 Å². The summed E-state index contributed by atoms with van der Waals surface area (Å²) < 4.78 is 1.89. The number of nitrogens with one attached hydrogen (secondary N) is 1. The van der Waals surface area contributed by atoms with Crippen molar-refractivity contribution < 1.29 is 4.79 Å². The Morgan fingerprint density at radius 1 is 0.939 bits per heavy atom. The fraction of sp³-hybridized carbons (Fsp3) is 0.0870. The lowest BCUT2D eigenvalue weighted by atomic mass is 10.1. The zero-order valence-corrected chi connectivity index (χ0v) is 21.0. The van der Waals surface area contributed by atoms with Crippen molar-refractivity contribution in [3.05, 3.63) is 86.3 Å². The van der Waals surface area contributed by atoms with E-state index >= 15 is 0 Å². The molecule has 0 atom stereocenters. The molecule has 0 bridgehead atoms. The van der Waals surface area contributed by atoms with Gasteiger partial charge in [0.15, 0.2) is 11.0 Å². The number of anilines is 1. The van der Waals surface area contributed by atoms with Gasteiger partial charge in [-0.1, -0.05) is 76.4 Å². The maximum atomic E-state index is 12.6. The van der Waals surface area contributed by atoms with Gasteiger partial charge in [-0.2, -0.15) is 0 Å². The summed E-state index contributed by atoms with van der Waals surface area (Å²) in [6.45, 7) is 1.99. The van der Waals surface area contributed by atoms with Crippen molar-refractivity contribution in [2.75, 3.05) is 11.1 Å². The standard InChI is InChI=1S/C23H16Cl4N4OS/c1-13-4-2-3-5-20(13)31-22(16-8-6-14(24)10-18(16)26)29-30-23(31)33-12-21(32)28-15-7-9-17(25)19(27)11-15/h2-11H,12H2,1H3,(H,28,32). The first-order valence-electron chi connectivity index (χ1n) is 9.68. The third-order valence-corrected chi connectivity index (χ3v) is 6.91. The molecule has 0 saturated heterocycles. The smallest absolute Gasteiger partial charge is 0.234 e. The summed E-state index contributed by atoms with van der Waals surface area (Å²) in [6, 6.07) is 18.0. The Morgan fingerprint density at radius 2 is 1.73 bits per heavy atom. The van der Waals surface area contributed by atoms with Crippen LogP contribution >= 0.6 is 58.2 Å². The number of thioether (sulfide) groups is 1. The minimum absolute atomic E-state index is 0.110. The van der Waals surface area contributed by atoms with E-state index in [1.165, 1.54) is 11.8 Å². The number of benzene rings is 3. The van der Waals surface area contributed by atoms with Crippen molar-refractivity contribution in [2.45, 2.75) is 12.1 Å². The van der Waals surface area contributed by atoms with Crippen molar-refractivity contribution in [1.82, 2.24) is 14.8 Å². The van der Waals surface area contributed by atoms with Crippen LogP contribution in [0.2, 0.25) is 20.1 Å². The number of aryl methyl sites for hydroxylation is 1. The van der Waals surface area contributed by atoms with Gasteiger partial charge in [0.2, 0.25) is 5.91 Å². The second kappa shape index (κ2) is 10.4. The van der Waals surface area contributed by atoms with Crippen LogP contribution in [0.5, 0.6) is 0 Å². The highest BCUT2D eigenvalue weighted by atomic mass is 35.5. The fourth-order valence-corrected chi connectivity index (χ4v) is 4.68. The molecule has 1 heterocycles. The predicted octanol–water partition coefficient (Wildman–Crippen LogP) is 7.59. The molecule has 10 heteroatoms. The molecule has 4 rings (SSSR count). The average Bonchev–Trinajstić information content (AvgIpc) is 3.18. The average molecular weight is 538 g/mol. The monoisotopic (exact) mass is 536 g/mol. The highest BCUT2D eigenvalue weighted by Gasteiger charge is 2.20. The molecule has 0 radical (unpaired) electrons. The molecular formula is C23H16Cl4N4OS. The molecule has 3 aromatic carbocycles. The summed E-state index contributed by atoms with van der Waals surface area (Å²) in [4.78, 5) is 12.6. The fourth-order valence-electron chi connectivity index (χ4n) is 3.14. The summed E-state index contributed by atoms with van der Waals surface area (Å²) in [5, 5.41) is 13.9. The highest BCUT2D eigenvalue weighted by molar-refractivity contribution is 7.99. The van der Waals surface area contributed by atoms with Crippen LogP contribution in [0.25, 0.3) is 17.1 Å². The number of rotatable bonds is 6. The zero-order chi connectivity index (χ0) is 23.5. The molecule has 1 amide bonds. The second-order valence-corrected chi connectivity index (χ2v) is 9.62. The van der Waals surface area contributed by atoms with E-state index in [-0.39, 0.29) is 11.7 Å². The highest BCUT2D eigenvalue weighted by Crippen LogP contribution is 2.34. The summed E-state index contributed by atoms with van der Waals surface area (Å²) in [6.07, 6.45) is 0. The van der Waals surface area contributed by atoms with Crippen molar-refractivity contribution in [2.24, 2.45) is 0 Å². The maximum absolute atomic E-state index is 12.6. The minimum atomic E-state index is -0.219. The Kier molecular flexibility index (Phi) is 7.51. The molecule has 1 aromatic heterocycles. The number of para-hydroxylation sites is 1. The van der Waals surface area contributed by atoms with E-state index in [0.29, 0.717) is 42.3 Å². The summed E-state index contributed by atoms with van der Waals surface area (Å²) in [7, 11) is 0. The number of carbonyl (C=O) groups is 1. The minimum Gasteiger partial charge on any atom is -0.325 e. The lowest BCUT2D eigenvalue weighted by Crippen LogP contribution is -2.14. The third-order valence-electron chi connectivity index (χ3n) is 4.70. The lowest BCUT2D eigenvalue weighted by molar-refractivity contribution is -0.113. The largest absolute Gasteiger partial charge is 0.325 e. The van der Waals surface area contributed by atoms with Crippen LogP contribution in [0.1, 0.15) is 5.56 Å². The van der Waals surface area contributed by atoms with Crippen molar-refractivity contribution in [3.8, 4) is 17.1 Å². The van der Waals surface area contributed by atoms with E-state index in [9.17, 15) is 4.79 Å². The van der Waals surface area contributed by atoms with Gasteiger partial charge in [-0.15, -0.1) is 10.2 Å². The topological polar surface area (TPSA) is 59.8 Å². The summed E-state index contributed by atoms with van der Waals surface area (Å²) in [5.74, 6) is 0.445. The first-order valence-corrected chi connectivity index (χ1v) is 12.2. The normalized spacial score (nSPS) is 10.9. The van der Waals surface area contributed by atoms with Crippen LogP contribution in [0.15, 0.2) is 65.8 Å². The molecule has 33 heavy (non-hydrogen) atoms. The predicted molar refractivity (Wildman–Crippen MR) is 137 cm³/mol. The molecule has 0 unspecified atom stereocenters. The van der Waals surface area contributed by atoms with Gasteiger partial charge in [0.25, 0.3) is 0 Å². The number of aromatic nitrogens is 3. The number of hydrogen-bond acceptors (Lipinski definition) is 4. The second-order valence-electron chi connectivity index (χ2n) is 7.02. The van der Waals surface area contributed by atoms with E-state index < -0.39 is 0 Å². The van der Waals surface area contributed by atoms with E-state index in [1.807, 2.05) is 35.8 Å². The van der Waals surface area contributed by atoms with Crippen LogP contribution in [0.4, 0.5) is 5.69 Å². The number of amides is 1. The van der Waals surface area contributed by atoms with Crippen molar-refractivity contribution >= 4 is 69.8 Å². The molecule has 0 saturated carbocycles. The molecule has 4 aromatic rings. The van der Waals surface area contributed by atoms with Gasteiger partial charge < -0.3 is 5.32 Å². The molecule has 5 nitrogen and oxygen atoms in total. The van der Waals surface area contributed by atoms with Crippen LogP contribution < -0.4 is 5.32 Å². The van der Waals surface area contributed by atoms with E-state index in [2.05, 4.69) is 15.5 Å². The van der Waals surface area contributed by atoms with Gasteiger partial charge >= 0.3 is 0 Å². The van der Waals surface area contributed by atoms with Crippen molar-refractivity contribution in [3.63, 3.8) is 0 Å². The first-order chi connectivity index (χ1) is 15.8. The van der Waals surface area contributed by atoms with Crippen LogP contribution in [-0.2, 0) is 4.79 Å². The first kappa shape index (κ1) is 23.9. The molecule has 0 fully saturated rings. The van der Waals surface area contributed by atoms with E-state index in [1.54, 1.807) is 36.4 Å². The Labute approximate surface area is 215 Å². The maximum Gasteiger partial charge on any atom is 0.234 e. The molecule has 0 aliphatic rings. The van der Waals surface area contributed by atoms with E-state index in [4.69, 9.17) is 46.4 Å². The molecule has 0 aliphatic heterocycles. The number of hydrogen-bond donors (Lipinski definition) is 1. The van der Waals surface area contributed by atoms with Gasteiger partial charge in [-0.05, 0) is 55.0 Å². The Morgan fingerprint density at radius 3 is 2.45 bits per heavy atom. The van der Waals surface area contributed by atoms with Crippen LogP contribution in [-0.4, -0.2) is 26.4 Å². The van der Waals surface area contributed by atoms with E-state index in [0.717, 1.165) is 11.3 Å². The quantitative estimate of drug-likeness (QED) is 0.257. The lowest BCUT2D eigenvalue weighted by Gasteiger charge is -2.13. The van der Waals surface area contributed by atoms with Crippen molar-refractivity contribution in [1.29, 1.82) is 0 Å². The number of carbonyl (C=O) groups excluding carboxylic acids is 1. The van der Waals surface area contributed by atoms with Gasteiger partial charge in [0.05, 0.1) is 26.5 Å². The SMILES string of the molecule is Cc1ccccc1-n1c(SCC(=O)Nc2ccc(Cl)c(Cl)c2)nnc1-c1ccc(Cl)cc1Cl. The Balaban J connectivity index is 1.64. The summed E-state index contributed by atoms with van der Waals surface area (Å²) >= 11 is 25.8. The third kappa shape index (κ3) is 5.48. The number of nitrogens with zero attached hydrogens (tertiary/aromatic N) is 3.